The fourth-order valence-corrected chi connectivity index (χ4v) is 1.90. The van der Waals surface area contributed by atoms with Crippen LogP contribution in [0.1, 0.15) is 24.3 Å². The molecule has 0 aliphatic rings. The van der Waals surface area contributed by atoms with E-state index in [1.807, 2.05) is 14.1 Å². The molecule has 1 amide bonds. The predicted octanol–water partition coefficient (Wildman–Crippen LogP) is 1.32. The lowest BCUT2D eigenvalue weighted by molar-refractivity contribution is -0.120. The summed E-state index contributed by atoms with van der Waals surface area (Å²) < 4.78 is 0. The summed E-state index contributed by atoms with van der Waals surface area (Å²) >= 11 is 0. The first-order chi connectivity index (χ1) is 8.58. The second-order valence-electron chi connectivity index (χ2n) is 4.63. The molecule has 0 aliphatic carbocycles. The van der Waals surface area contributed by atoms with Crippen molar-refractivity contribution in [1.29, 1.82) is 0 Å². The van der Waals surface area contributed by atoms with Gasteiger partial charge in [0, 0.05) is 33.3 Å². The van der Waals surface area contributed by atoms with Crippen LogP contribution in [0.4, 0.5) is 5.69 Å². The highest BCUT2D eigenvalue weighted by Gasteiger charge is 2.11. The number of carbonyl (C=O) groups excluding carboxylic acids is 1. The van der Waals surface area contributed by atoms with Gasteiger partial charge in [0.05, 0.1) is 0 Å². The van der Waals surface area contributed by atoms with E-state index in [2.05, 4.69) is 34.5 Å². The van der Waals surface area contributed by atoms with E-state index < -0.39 is 0 Å². The molecule has 18 heavy (non-hydrogen) atoms. The molecule has 0 radical (unpaired) electrons. The van der Waals surface area contributed by atoms with E-state index in [1.165, 1.54) is 11.3 Å². The molecule has 1 atom stereocenters. The molecule has 1 unspecified atom stereocenters. The third-order valence-electron chi connectivity index (χ3n) is 3.16. The molecule has 0 fully saturated rings. The van der Waals surface area contributed by atoms with Gasteiger partial charge in [-0.2, -0.15) is 0 Å². The summed E-state index contributed by atoms with van der Waals surface area (Å²) in [7, 11) is 5.69. The maximum Gasteiger partial charge on any atom is 0.219 e. The van der Waals surface area contributed by atoms with Gasteiger partial charge in [-0.3, -0.25) is 4.79 Å². The van der Waals surface area contributed by atoms with Crippen molar-refractivity contribution >= 4 is 11.6 Å². The van der Waals surface area contributed by atoms with E-state index in [1.54, 1.807) is 7.05 Å². The molecule has 1 aromatic rings. The van der Waals surface area contributed by atoms with Crippen LogP contribution in [0.3, 0.4) is 0 Å². The van der Waals surface area contributed by atoms with Gasteiger partial charge in [0.2, 0.25) is 5.91 Å². The van der Waals surface area contributed by atoms with Crippen LogP contribution in [-0.2, 0) is 4.79 Å². The first kappa shape index (κ1) is 14.5. The van der Waals surface area contributed by atoms with E-state index in [0.717, 1.165) is 6.42 Å². The lowest BCUT2D eigenvalue weighted by Crippen LogP contribution is -2.20. The average molecular weight is 249 g/mol. The van der Waals surface area contributed by atoms with Crippen molar-refractivity contribution in [2.45, 2.75) is 18.8 Å². The van der Waals surface area contributed by atoms with Crippen molar-refractivity contribution in [2.24, 2.45) is 5.73 Å². The van der Waals surface area contributed by atoms with Crippen molar-refractivity contribution in [3.8, 4) is 0 Å². The van der Waals surface area contributed by atoms with Crippen LogP contribution in [0.2, 0.25) is 0 Å². The molecular formula is C14H23N3O. The van der Waals surface area contributed by atoms with Gasteiger partial charge in [0.1, 0.15) is 0 Å². The van der Waals surface area contributed by atoms with Crippen molar-refractivity contribution in [2.75, 3.05) is 32.6 Å². The second kappa shape index (κ2) is 7.01. The van der Waals surface area contributed by atoms with Crippen molar-refractivity contribution in [1.82, 2.24) is 5.32 Å². The second-order valence-corrected chi connectivity index (χ2v) is 4.63. The minimum atomic E-state index is 0.0679. The fraction of sp³-hybridized carbons (Fsp3) is 0.500. The number of hydrogen-bond donors (Lipinski definition) is 2. The van der Waals surface area contributed by atoms with Crippen LogP contribution in [0.5, 0.6) is 0 Å². The molecule has 4 heteroatoms. The van der Waals surface area contributed by atoms with E-state index in [9.17, 15) is 4.79 Å². The van der Waals surface area contributed by atoms with E-state index in [-0.39, 0.29) is 11.8 Å². The largest absolute Gasteiger partial charge is 0.378 e. The molecule has 100 valence electrons. The number of anilines is 1. The highest BCUT2D eigenvalue weighted by Crippen LogP contribution is 2.22. The Kier molecular flexibility index (Phi) is 5.65. The number of carbonyl (C=O) groups is 1. The molecule has 3 N–H and O–H groups in total. The maximum atomic E-state index is 11.2. The van der Waals surface area contributed by atoms with Crippen LogP contribution >= 0.6 is 0 Å². The van der Waals surface area contributed by atoms with Gasteiger partial charge < -0.3 is 16.0 Å². The lowest BCUT2D eigenvalue weighted by atomic mass is 9.94. The zero-order chi connectivity index (χ0) is 13.5. The summed E-state index contributed by atoms with van der Waals surface area (Å²) in [6.07, 6.45) is 1.31. The Bertz CT molecular complexity index is 373. The summed E-state index contributed by atoms with van der Waals surface area (Å²) in [6, 6.07) is 8.35. The summed E-state index contributed by atoms with van der Waals surface area (Å²) in [5.41, 5.74) is 8.16. The van der Waals surface area contributed by atoms with E-state index >= 15 is 0 Å². The molecule has 0 spiro atoms. The normalized spacial score (nSPS) is 12.0. The van der Waals surface area contributed by atoms with Crippen LogP contribution in [-0.4, -0.2) is 33.6 Å². The zero-order valence-corrected chi connectivity index (χ0v) is 11.4. The van der Waals surface area contributed by atoms with Crippen LogP contribution in [0.15, 0.2) is 24.3 Å². The molecule has 0 aromatic heterocycles. The third kappa shape index (κ3) is 4.04. The summed E-state index contributed by atoms with van der Waals surface area (Å²) in [6.45, 7) is 0.568. The smallest absolute Gasteiger partial charge is 0.219 e. The first-order valence-corrected chi connectivity index (χ1v) is 6.26. The topological polar surface area (TPSA) is 58.4 Å². The highest BCUT2D eigenvalue weighted by atomic mass is 16.1. The standard InChI is InChI=1S/C14H23N3O/c1-16-14(18)9-6-12(10-15)11-4-7-13(8-5-11)17(2)3/h4-5,7-8,12H,6,9-10,15H2,1-3H3,(H,16,18). The van der Waals surface area contributed by atoms with E-state index in [0.29, 0.717) is 13.0 Å². The molecule has 0 heterocycles. The Balaban J connectivity index is 2.67. The van der Waals surface area contributed by atoms with Gasteiger partial charge in [0.15, 0.2) is 0 Å². The number of hydrogen-bond acceptors (Lipinski definition) is 3. The fourth-order valence-electron chi connectivity index (χ4n) is 1.90. The number of amides is 1. The Morgan fingerprint density at radius 1 is 1.33 bits per heavy atom. The first-order valence-electron chi connectivity index (χ1n) is 6.26. The monoisotopic (exact) mass is 249 g/mol. The van der Waals surface area contributed by atoms with Gasteiger partial charge in [-0.25, -0.2) is 0 Å². The van der Waals surface area contributed by atoms with Crippen molar-refractivity contribution < 1.29 is 4.79 Å². The molecular weight excluding hydrogens is 226 g/mol. The Hall–Kier alpha value is -1.55. The van der Waals surface area contributed by atoms with Crippen LogP contribution < -0.4 is 16.0 Å². The molecule has 0 saturated carbocycles. The molecule has 1 aromatic carbocycles. The number of rotatable bonds is 6. The number of nitrogens with zero attached hydrogens (tertiary/aromatic N) is 1. The quantitative estimate of drug-likeness (QED) is 0.799. The predicted molar refractivity (Wildman–Crippen MR) is 75.9 cm³/mol. The molecule has 0 aliphatic heterocycles. The summed E-state index contributed by atoms with van der Waals surface area (Å²) in [5, 5.41) is 2.63. The average Bonchev–Trinajstić information content (AvgIpc) is 2.39. The zero-order valence-electron chi connectivity index (χ0n) is 11.4. The molecule has 0 bridgehead atoms. The van der Waals surface area contributed by atoms with Crippen LogP contribution in [0.25, 0.3) is 0 Å². The Morgan fingerprint density at radius 2 is 1.94 bits per heavy atom. The van der Waals surface area contributed by atoms with Gasteiger partial charge in [-0.15, -0.1) is 0 Å². The molecule has 0 saturated heterocycles. The lowest BCUT2D eigenvalue weighted by Gasteiger charge is -2.17. The van der Waals surface area contributed by atoms with Crippen LogP contribution in [0, 0.1) is 0 Å². The summed E-state index contributed by atoms with van der Waals surface area (Å²) in [5.74, 6) is 0.317. The minimum absolute atomic E-state index is 0.0679. The number of nitrogens with two attached hydrogens (primary N) is 1. The van der Waals surface area contributed by atoms with Crippen molar-refractivity contribution in [3.05, 3.63) is 29.8 Å². The highest BCUT2D eigenvalue weighted by molar-refractivity contribution is 5.75. The SMILES string of the molecule is CNC(=O)CCC(CN)c1ccc(N(C)C)cc1. The van der Waals surface area contributed by atoms with Crippen molar-refractivity contribution in [3.63, 3.8) is 0 Å². The maximum absolute atomic E-state index is 11.2. The van der Waals surface area contributed by atoms with Gasteiger partial charge in [0.25, 0.3) is 0 Å². The van der Waals surface area contributed by atoms with Gasteiger partial charge >= 0.3 is 0 Å². The number of benzene rings is 1. The number of nitrogens with one attached hydrogen (secondary N) is 1. The summed E-state index contributed by atoms with van der Waals surface area (Å²) in [4.78, 5) is 13.3. The van der Waals surface area contributed by atoms with Gasteiger partial charge in [-0.05, 0) is 36.6 Å². The molecule has 1 rings (SSSR count). The molecule has 4 nitrogen and oxygen atoms in total. The minimum Gasteiger partial charge on any atom is -0.378 e. The Morgan fingerprint density at radius 3 is 2.39 bits per heavy atom. The third-order valence-corrected chi connectivity index (χ3v) is 3.16. The Labute approximate surface area is 109 Å². The van der Waals surface area contributed by atoms with E-state index in [4.69, 9.17) is 5.73 Å². The van der Waals surface area contributed by atoms with Gasteiger partial charge in [-0.1, -0.05) is 12.1 Å².